The van der Waals surface area contributed by atoms with E-state index in [0.717, 1.165) is 46.4 Å². The molecule has 0 aliphatic carbocycles. The number of nitrogens with zero attached hydrogens (tertiary/aromatic N) is 4. The van der Waals surface area contributed by atoms with Gasteiger partial charge in [-0.1, -0.05) is 34.6 Å². The summed E-state index contributed by atoms with van der Waals surface area (Å²) in [5, 5.41) is 11.4. The summed E-state index contributed by atoms with van der Waals surface area (Å²) in [6.45, 7) is 7.77. The summed E-state index contributed by atoms with van der Waals surface area (Å²) in [6.07, 6.45) is 0. The molecule has 0 radical (unpaired) electrons. The number of pyridine rings is 1. The van der Waals surface area contributed by atoms with E-state index >= 15 is 0 Å². The Kier molecular flexibility index (Phi) is 7.20. The molecule has 9 heteroatoms. The second kappa shape index (κ2) is 10.8. The maximum Gasteiger partial charge on any atom is 0.258 e. The molecule has 1 fully saturated rings. The number of hydrogen-bond donors (Lipinski definition) is 1. The van der Waals surface area contributed by atoms with Gasteiger partial charge in [0.25, 0.3) is 5.91 Å². The Labute approximate surface area is 209 Å². The average Bonchev–Trinajstić information content (AvgIpc) is 3.31. The Morgan fingerprint density at radius 2 is 1.92 bits per heavy atom. The molecular weight excluding hydrogens is 458 g/mol. The highest BCUT2D eigenvalue weighted by Crippen LogP contribution is 2.32. The molecule has 36 heavy (non-hydrogen) atoms. The van der Waals surface area contributed by atoms with Crippen molar-refractivity contribution in [1.29, 1.82) is 0 Å². The van der Waals surface area contributed by atoms with E-state index in [1.54, 1.807) is 6.92 Å². The third-order valence-corrected chi connectivity index (χ3v) is 6.27. The van der Waals surface area contributed by atoms with E-state index in [-0.39, 0.29) is 19.1 Å². The monoisotopic (exact) mass is 487 g/mol. The van der Waals surface area contributed by atoms with Gasteiger partial charge in [0.05, 0.1) is 25.3 Å². The van der Waals surface area contributed by atoms with Crippen molar-refractivity contribution in [2.24, 2.45) is 0 Å². The minimum absolute atomic E-state index is 0.100. The van der Waals surface area contributed by atoms with Crippen molar-refractivity contribution in [2.45, 2.75) is 26.9 Å². The Morgan fingerprint density at radius 1 is 1.08 bits per heavy atom. The molecule has 9 nitrogen and oxygen atoms in total. The Morgan fingerprint density at radius 3 is 2.72 bits per heavy atom. The summed E-state index contributed by atoms with van der Waals surface area (Å²) in [7, 11) is 0. The fraction of sp³-hybridized carbons (Fsp3) is 0.333. The van der Waals surface area contributed by atoms with E-state index in [1.807, 2.05) is 37.3 Å². The fourth-order valence-electron chi connectivity index (χ4n) is 4.34. The van der Waals surface area contributed by atoms with Crippen LogP contribution < -0.4 is 10.1 Å². The van der Waals surface area contributed by atoms with Crippen LogP contribution in [0.4, 0.5) is 0 Å². The summed E-state index contributed by atoms with van der Waals surface area (Å²) in [4.78, 5) is 19.5. The van der Waals surface area contributed by atoms with Crippen molar-refractivity contribution in [3.8, 4) is 16.9 Å². The second-order valence-electron chi connectivity index (χ2n) is 8.90. The molecule has 1 aliphatic rings. The normalized spacial score (nSPS) is 14.2. The van der Waals surface area contributed by atoms with E-state index in [0.29, 0.717) is 36.9 Å². The van der Waals surface area contributed by atoms with E-state index in [9.17, 15) is 4.79 Å². The lowest BCUT2D eigenvalue weighted by Gasteiger charge is -2.27. The van der Waals surface area contributed by atoms with Crippen LogP contribution in [-0.2, 0) is 22.6 Å². The summed E-state index contributed by atoms with van der Waals surface area (Å²) >= 11 is 0. The van der Waals surface area contributed by atoms with Gasteiger partial charge in [0.15, 0.2) is 6.61 Å². The van der Waals surface area contributed by atoms with Crippen molar-refractivity contribution < 1.29 is 18.9 Å². The first-order valence-corrected chi connectivity index (χ1v) is 12.0. The maximum absolute atomic E-state index is 12.4. The molecule has 5 rings (SSSR count). The van der Waals surface area contributed by atoms with Gasteiger partial charge in [-0.15, -0.1) is 0 Å². The summed E-state index contributed by atoms with van der Waals surface area (Å²) in [5.41, 5.74) is 6.43. The molecule has 2 aromatic heterocycles. The van der Waals surface area contributed by atoms with Gasteiger partial charge in [0, 0.05) is 36.3 Å². The van der Waals surface area contributed by atoms with Crippen molar-refractivity contribution >= 4 is 16.8 Å². The Balaban J connectivity index is 1.38. The topological polar surface area (TPSA) is 103 Å². The number of carbonyl (C=O) groups is 1. The summed E-state index contributed by atoms with van der Waals surface area (Å²) in [6, 6.07) is 16.4. The molecular formula is C27H29N5O4. The van der Waals surface area contributed by atoms with E-state index in [2.05, 4.69) is 48.3 Å². The van der Waals surface area contributed by atoms with Gasteiger partial charge in [-0.05, 0) is 49.2 Å². The van der Waals surface area contributed by atoms with Crippen molar-refractivity contribution in [3.05, 3.63) is 71.2 Å². The molecule has 0 spiro atoms. The van der Waals surface area contributed by atoms with E-state index < -0.39 is 0 Å². The predicted octanol–water partition coefficient (Wildman–Crippen LogP) is 3.43. The number of hydrogen-bond acceptors (Lipinski definition) is 8. The minimum Gasteiger partial charge on any atom is -0.483 e. The lowest BCUT2D eigenvalue weighted by molar-refractivity contribution is -0.123. The lowest BCUT2D eigenvalue weighted by Crippen LogP contribution is -2.35. The predicted molar refractivity (Wildman–Crippen MR) is 134 cm³/mol. The largest absolute Gasteiger partial charge is 0.483 e. The van der Waals surface area contributed by atoms with Crippen LogP contribution >= 0.6 is 0 Å². The molecule has 1 amide bonds. The fourth-order valence-corrected chi connectivity index (χ4v) is 4.34. The zero-order chi connectivity index (χ0) is 24.9. The number of para-hydroxylation sites is 1. The van der Waals surface area contributed by atoms with Gasteiger partial charge in [-0.3, -0.25) is 14.7 Å². The number of nitrogens with one attached hydrogen (secondary N) is 1. The SMILES string of the molecule is Cc1cc(-c2ccc(OCC(=O)NCc3nonc3C)c(CN3CCOCC3)c2)c2ccccc2n1. The van der Waals surface area contributed by atoms with Crippen LogP contribution in [0.15, 0.2) is 53.2 Å². The molecule has 0 atom stereocenters. The number of benzene rings is 2. The molecule has 2 aromatic carbocycles. The molecule has 4 aromatic rings. The van der Waals surface area contributed by atoms with E-state index in [4.69, 9.17) is 9.47 Å². The second-order valence-corrected chi connectivity index (χ2v) is 8.90. The number of rotatable bonds is 8. The Bertz CT molecular complexity index is 1360. The van der Waals surface area contributed by atoms with Crippen molar-refractivity contribution in [3.63, 3.8) is 0 Å². The van der Waals surface area contributed by atoms with E-state index in [1.165, 1.54) is 0 Å². The highest BCUT2D eigenvalue weighted by Gasteiger charge is 2.17. The van der Waals surface area contributed by atoms with Crippen LogP contribution in [0.2, 0.25) is 0 Å². The molecule has 1 saturated heterocycles. The van der Waals surface area contributed by atoms with Crippen molar-refractivity contribution in [1.82, 2.24) is 25.5 Å². The number of amides is 1. The van der Waals surface area contributed by atoms with Gasteiger partial charge in [-0.25, -0.2) is 4.63 Å². The third kappa shape index (κ3) is 5.53. The first-order valence-electron chi connectivity index (χ1n) is 12.0. The standard InChI is InChI=1S/C27H29N5O4/c1-18-13-23(22-5-3-4-6-24(22)29-18)20-7-8-26(21(14-20)16-32-9-11-34-12-10-32)35-17-27(33)28-15-25-19(2)30-36-31-25/h3-8,13-14H,9-12,15-17H2,1-2H3,(H,28,33). The molecule has 186 valence electrons. The number of aryl methyl sites for hydroxylation is 2. The van der Waals surface area contributed by atoms with Crippen molar-refractivity contribution in [2.75, 3.05) is 32.9 Å². The zero-order valence-electron chi connectivity index (χ0n) is 20.5. The molecule has 0 bridgehead atoms. The number of fused-ring (bicyclic) bond motifs is 1. The summed E-state index contributed by atoms with van der Waals surface area (Å²) < 4.78 is 16.2. The quantitative estimate of drug-likeness (QED) is 0.403. The number of aromatic nitrogens is 3. The average molecular weight is 488 g/mol. The third-order valence-electron chi connectivity index (χ3n) is 6.27. The van der Waals surface area contributed by atoms with Gasteiger partial charge in [0.1, 0.15) is 17.1 Å². The van der Waals surface area contributed by atoms with Gasteiger partial charge < -0.3 is 14.8 Å². The highest BCUT2D eigenvalue weighted by molar-refractivity contribution is 5.94. The van der Waals surface area contributed by atoms with Crippen LogP contribution in [0.5, 0.6) is 5.75 Å². The minimum atomic E-state index is -0.241. The Hall–Kier alpha value is -3.82. The smallest absolute Gasteiger partial charge is 0.258 e. The molecule has 1 aliphatic heterocycles. The van der Waals surface area contributed by atoms with Gasteiger partial charge in [-0.2, -0.15) is 0 Å². The zero-order valence-corrected chi connectivity index (χ0v) is 20.5. The van der Waals surface area contributed by atoms with Crippen LogP contribution in [0, 0.1) is 13.8 Å². The highest BCUT2D eigenvalue weighted by atomic mass is 16.6. The number of ether oxygens (including phenoxy) is 2. The molecule has 0 saturated carbocycles. The number of carbonyl (C=O) groups excluding carboxylic acids is 1. The molecule has 0 unspecified atom stereocenters. The first-order chi connectivity index (χ1) is 17.6. The van der Waals surface area contributed by atoms with Crippen LogP contribution in [0.1, 0.15) is 22.6 Å². The first kappa shape index (κ1) is 23.9. The van der Waals surface area contributed by atoms with Gasteiger partial charge in [0.2, 0.25) is 0 Å². The van der Waals surface area contributed by atoms with Gasteiger partial charge >= 0.3 is 0 Å². The van der Waals surface area contributed by atoms with Crippen LogP contribution in [-0.4, -0.2) is 59.0 Å². The molecule has 1 N–H and O–H groups in total. The summed E-state index contributed by atoms with van der Waals surface area (Å²) in [5.74, 6) is 0.448. The molecule has 3 heterocycles. The van der Waals surface area contributed by atoms with Crippen LogP contribution in [0.25, 0.3) is 22.0 Å². The van der Waals surface area contributed by atoms with Crippen LogP contribution in [0.3, 0.4) is 0 Å². The maximum atomic E-state index is 12.4. The lowest BCUT2D eigenvalue weighted by atomic mass is 9.98. The number of morpholine rings is 1.